The molecule has 0 amide bonds. The highest BCUT2D eigenvalue weighted by molar-refractivity contribution is 6.85. The molecule has 0 radical (unpaired) electrons. The lowest BCUT2D eigenvalue weighted by Crippen LogP contribution is -2.34. The number of rotatable bonds is 3. The van der Waals surface area contributed by atoms with Gasteiger partial charge < -0.3 is 0 Å². The van der Waals surface area contributed by atoms with Crippen LogP contribution in [-0.4, -0.2) is 16.1 Å². The summed E-state index contributed by atoms with van der Waals surface area (Å²) in [6.45, 7) is 12.4. The molecule has 0 fully saturated rings. The van der Waals surface area contributed by atoms with Gasteiger partial charge in [0, 0.05) is 0 Å². The van der Waals surface area contributed by atoms with Crippen molar-refractivity contribution in [2.24, 2.45) is 0 Å². The van der Waals surface area contributed by atoms with Crippen LogP contribution in [0.5, 0.6) is 0 Å². The van der Waals surface area contributed by atoms with E-state index in [9.17, 15) is 0 Å². The van der Waals surface area contributed by atoms with Crippen LogP contribution in [0.1, 0.15) is 0 Å². The molecule has 0 N–H and O–H groups in total. The monoisotopic (exact) mass is 260 g/mol. The summed E-state index contributed by atoms with van der Waals surface area (Å²) in [5.41, 5.74) is 1.44. The zero-order chi connectivity index (χ0) is 12.7. The largest absolute Gasteiger partial charge is 0.0811 e. The number of allylic oxidation sites excluding steroid dienone is 8. The Morgan fingerprint density at radius 3 is 1.88 bits per heavy atom. The summed E-state index contributed by atoms with van der Waals surface area (Å²) in [5, 5.41) is 1.65. The highest BCUT2D eigenvalue weighted by atomic mass is 28.3. The second-order valence-corrected chi connectivity index (χ2v) is 16.9. The fraction of sp³-hybridized carbons (Fsp3) is 0.467. The average molecular weight is 261 g/mol. The fourth-order valence-corrected chi connectivity index (χ4v) is 6.93. The van der Waals surface area contributed by atoms with Crippen LogP contribution in [-0.2, 0) is 0 Å². The van der Waals surface area contributed by atoms with Gasteiger partial charge >= 0.3 is 0 Å². The Hall–Kier alpha value is -0.606. The van der Waals surface area contributed by atoms with Crippen molar-refractivity contribution in [2.45, 2.75) is 43.8 Å². The van der Waals surface area contributed by atoms with Crippen LogP contribution >= 0.6 is 0 Å². The highest BCUT2D eigenvalue weighted by Gasteiger charge is 2.37. The molecule has 0 heterocycles. The minimum absolute atomic E-state index is 0.717. The van der Waals surface area contributed by atoms with E-state index in [0.717, 1.165) is 11.1 Å². The summed E-state index contributed by atoms with van der Waals surface area (Å²) in [5.74, 6) is 0. The maximum atomic E-state index is 2.58. The molecule has 0 aromatic carbocycles. The van der Waals surface area contributed by atoms with Crippen molar-refractivity contribution in [1.82, 2.24) is 0 Å². The maximum absolute atomic E-state index is 2.58. The summed E-state index contributed by atoms with van der Waals surface area (Å²) in [6, 6.07) is 0. The molecule has 0 aromatic heterocycles. The van der Waals surface area contributed by atoms with Gasteiger partial charge in [0.2, 0.25) is 0 Å². The van der Waals surface area contributed by atoms with Gasteiger partial charge in [-0.1, -0.05) is 80.5 Å². The molecule has 2 heteroatoms. The van der Waals surface area contributed by atoms with Crippen molar-refractivity contribution in [3.63, 3.8) is 0 Å². The lowest BCUT2D eigenvalue weighted by molar-refractivity contribution is 1.17. The summed E-state index contributed by atoms with van der Waals surface area (Å²) in [4.78, 5) is 0. The van der Waals surface area contributed by atoms with Gasteiger partial charge in [-0.3, -0.25) is 0 Å². The molecule has 0 aliphatic heterocycles. The molecule has 0 spiro atoms. The zero-order valence-electron chi connectivity index (χ0n) is 11.7. The third kappa shape index (κ3) is 2.48. The van der Waals surface area contributed by atoms with Gasteiger partial charge in [-0.15, -0.1) is 0 Å². The summed E-state index contributed by atoms with van der Waals surface area (Å²) < 4.78 is 0. The van der Waals surface area contributed by atoms with E-state index in [-0.39, 0.29) is 0 Å². The summed E-state index contributed by atoms with van der Waals surface area (Å²) >= 11 is 0. The molecular weight excluding hydrogens is 236 g/mol. The van der Waals surface area contributed by atoms with Crippen LogP contribution < -0.4 is 0 Å². The van der Waals surface area contributed by atoms with Gasteiger partial charge in [-0.25, -0.2) is 0 Å². The van der Waals surface area contributed by atoms with Crippen molar-refractivity contribution in [2.75, 3.05) is 0 Å². The standard InChI is InChI=1S/C15H24Si2/c1-16(2,3)14-10-11-15(12-14)17(4,5)13-8-6-7-9-13/h6-13,15H,1-5H3. The predicted octanol–water partition coefficient (Wildman–Crippen LogP) is 4.93. The average Bonchev–Trinajstić information content (AvgIpc) is 2.89. The molecule has 0 saturated carbocycles. The second-order valence-electron chi connectivity index (χ2n) is 6.87. The van der Waals surface area contributed by atoms with Crippen molar-refractivity contribution in [1.29, 1.82) is 0 Å². The van der Waals surface area contributed by atoms with Crippen LogP contribution in [0.3, 0.4) is 0 Å². The number of hydrogen-bond donors (Lipinski definition) is 0. The molecule has 0 bridgehead atoms. The Balaban J connectivity index is 2.21. The van der Waals surface area contributed by atoms with E-state index >= 15 is 0 Å². The van der Waals surface area contributed by atoms with E-state index in [2.05, 4.69) is 75.3 Å². The molecule has 2 aliphatic carbocycles. The van der Waals surface area contributed by atoms with Crippen LogP contribution in [0.25, 0.3) is 0 Å². The first-order chi connectivity index (χ1) is 7.82. The second kappa shape index (κ2) is 4.25. The third-order valence-electron chi connectivity index (χ3n) is 4.17. The van der Waals surface area contributed by atoms with E-state index in [0.29, 0.717) is 0 Å². The van der Waals surface area contributed by atoms with Gasteiger partial charge in [0.25, 0.3) is 0 Å². The molecule has 17 heavy (non-hydrogen) atoms. The minimum atomic E-state index is -1.27. The molecule has 1 unspecified atom stereocenters. The normalized spacial score (nSPS) is 24.8. The number of hydrogen-bond acceptors (Lipinski definition) is 0. The molecule has 1 atom stereocenters. The Morgan fingerprint density at radius 1 is 0.824 bits per heavy atom. The lowest BCUT2D eigenvalue weighted by Gasteiger charge is -2.32. The van der Waals surface area contributed by atoms with E-state index in [1.54, 1.807) is 5.20 Å². The molecule has 2 rings (SSSR count). The summed E-state index contributed by atoms with van der Waals surface area (Å²) in [7, 11) is -2.40. The topological polar surface area (TPSA) is 0 Å². The Morgan fingerprint density at radius 2 is 1.41 bits per heavy atom. The molecule has 0 nitrogen and oxygen atoms in total. The van der Waals surface area contributed by atoms with Crippen LogP contribution in [0.2, 0.25) is 43.8 Å². The van der Waals surface area contributed by atoms with Gasteiger partial charge in [0.15, 0.2) is 0 Å². The van der Waals surface area contributed by atoms with Crippen molar-refractivity contribution in [3.8, 4) is 0 Å². The first-order valence-corrected chi connectivity index (χ1v) is 13.2. The SMILES string of the molecule is C[Si](C)(C)C1=CC([Si](C)(C)C2C=CC=C2)C=C1. The summed E-state index contributed by atoms with van der Waals surface area (Å²) in [6.07, 6.45) is 16.7. The molecule has 0 saturated heterocycles. The van der Waals surface area contributed by atoms with Crippen molar-refractivity contribution < 1.29 is 0 Å². The quantitative estimate of drug-likeness (QED) is 0.631. The Labute approximate surface area is 108 Å². The van der Waals surface area contributed by atoms with Crippen molar-refractivity contribution in [3.05, 3.63) is 47.7 Å². The fourth-order valence-electron chi connectivity index (χ4n) is 2.62. The zero-order valence-corrected chi connectivity index (χ0v) is 13.7. The van der Waals surface area contributed by atoms with E-state index < -0.39 is 16.1 Å². The predicted molar refractivity (Wildman–Crippen MR) is 83.8 cm³/mol. The molecule has 92 valence electrons. The third-order valence-corrected chi connectivity index (χ3v) is 10.4. The molecule has 0 aromatic rings. The van der Waals surface area contributed by atoms with Crippen LogP contribution in [0.15, 0.2) is 47.7 Å². The minimum Gasteiger partial charge on any atom is -0.0811 e. The van der Waals surface area contributed by atoms with Gasteiger partial charge in [-0.2, -0.15) is 0 Å². The van der Waals surface area contributed by atoms with E-state index in [4.69, 9.17) is 0 Å². The van der Waals surface area contributed by atoms with Gasteiger partial charge in [0.05, 0.1) is 16.1 Å². The molecule has 2 aliphatic rings. The smallest absolute Gasteiger partial charge is 0.0771 e. The van der Waals surface area contributed by atoms with E-state index in [1.165, 1.54) is 0 Å². The Bertz CT molecular complexity index is 405. The first-order valence-electron chi connectivity index (χ1n) is 6.57. The maximum Gasteiger partial charge on any atom is 0.0771 e. The molecular formula is C15H24Si2. The highest BCUT2D eigenvalue weighted by Crippen LogP contribution is 2.42. The van der Waals surface area contributed by atoms with E-state index in [1.807, 2.05) is 0 Å². The van der Waals surface area contributed by atoms with Crippen molar-refractivity contribution >= 4 is 16.1 Å². The van der Waals surface area contributed by atoms with Crippen LogP contribution in [0.4, 0.5) is 0 Å². The Kier molecular flexibility index (Phi) is 3.21. The van der Waals surface area contributed by atoms with Gasteiger partial charge in [0.1, 0.15) is 0 Å². The van der Waals surface area contributed by atoms with Crippen LogP contribution in [0, 0.1) is 0 Å². The lowest BCUT2D eigenvalue weighted by atomic mass is 10.4. The van der Waals surface area contributed by atoms with Gasteiger partial charge in [-0.05, 0) is 11.1 Å². The first kappa shape index (κ1) is 12.8.